The van der Waals surface area contributed by atoms with Gasteiger partial charge in [-0.1, -0.05) is 12.1 Å². The van der Waals surface area contributed by atoms with Gasteiger partial charge in [0.25, 0.3) is 5.56 Å². The lowest BCUT2D eigenvalue weighted by Crippen LogP contribution is -2.45. The number of amides is 1. The van der Waals surface area contributed by atoms with Crippen LogP contribution in [0.4, 0.5) is 0 Å². The third kappa shape index (κ3) is 5.02. The Labute approximate surface area is 186 Å². The minimum Gasteiger partial charge on any atom is -0.333 e. The lowest BCUT2D eigenvalue weighted by Gasteiger charge is -2.35. The van der Waals surface area contributed by atoms with Crippen LogP contribution >= 0.6 is 11.3 Å². The van der Waals surface area contributed by atoms with E-state index in [0.717, 1.165) is 43.2 Å². The lowest BCUT2D eigenvalue weighted by molar-refractivity contribution is -0.139. The zero-order valence-corrected chi connectivity index (χ0v) is 19.1. The molecule has 1 N–H and O–H groups in total. The number of fused-ring (bicyclic) bond motifs is 1. The molecule has 1 aliphatic heterocycles. The minimum absolute atomic E-state index is 0.00278. The number of aromatic nitrogens is 3. The SMILES string of the molecule is Cc1nc(CN2CCC(C(=O)N(Cc3nc4ccccc4c(=O)[nH]3)C(C)C)CC2)cs1. The quantitative estimate of drug-likeness (QED) is 0.637. The van der Waals surface area contributed by atoms with E-state index in [2.05, 4.69) is 25.2 Å². The number of rotatable bonds is 6. The van der Waals surface area contributed by atoms with Gasteiger partial charge >= 0.3 is 0 Å². The molecule has 4 rings (SSSR count). The van der Waals surface area contributed by atoms with Gasteiger partial charge < -0.3 is 9.88 Å². The van der Waals surface area contributed by atoms with Crippen LogP contribution in [0.15, 0.2) is 34.4 Å². The number of piperidine rings is 1. The number of aryl methyl sites for hydroxylation is 1. The van der Waals surface area contributed by atoms with Crippen molar-refractivity contribution in [1.29, 1.82) is 0 Å². The second kappa shape index (κ2) is 9.28. The van der Waals surface area contributed by atoms with E-state index in [9.17, 15) is 9.59 Å². The fourth-order valence-corrected chi connectivity index (χ4v) is 4.77. The van der Waals surface area contributed by atoms with Gasteiger partial charge in [-0.05, 0) is 58.8 Å². The molecule has 1 aliphatic rings. The second-order valence-electron chi connectivity index (χ2n) is 8.50. The summed E-state index contributed by atoms with van der Waals surface area (Å²) in [4.78, 5) is 41.9. The predicted molar refractivity (Wildman–Crippen MR) is 123 cm³/mol. The molecule has 3 aromatic rings. The van der Waals surface area contributed by atoms with Crippen molar-refractivity contribution in [3.05, 3.63) is 56.5 Å². The highest BCUT2D eigenvalue weighted by Crippen LogP contribution is 2.23. The van der Waals surface area contributed by atoms with Gasteiger partial charge in [0, 0.05) is 23.9 Å². The fraction of sp³-hybridized carbons (Fsp3) is 0.478. The third-order valence-electron chi connectivity index (χ3n) is 5.88. The number of aromatic amines is 1. The third-order valence-corrected chi connectivity index (χ3v) is 6.70. The number of benzene rings is 1. The number of hydrogen-bond acceptors (Lipinski definition) is 6. The number of hydrogen-bond donors (Lipinski definition) is 1. The Bertz CT molecular complexity index is 1110. The van der Waals surface area contributed by atoms with Gasteiger partial charge in [0.2, 0.25) is 5.91 Å². The van der Waals surface area contributed by atoms with Crippen LogP contribution in [-0.4, -0.2) is 49.8 Å². The van der Waals surface area contributed by atoms with Crippen molar-refractivity contribution in [2.45, 2.75) is 52.7 Å². The molecule has 0 spiro atoms. The van der Waals surface area contributed by atoms with Crippen molar-refractivity contribution < 1.29 is 4.79 Å². The highest BCUT2D eigenvalue weighted by Gasteiger charge is 2.30. The highest BCUT2D eigenvalue weighted by atomic mass is 32.1. The molecule has 1 aromatic carbocycles. The van der Waals surface area contributed by atoms with Gasteiger partial charge in [-0.2, -0.15) is 0 Å². The summed E-state index contributed by atoms with van der Waals surface area (Å²) in [6.07, 6.45) is 1.68. The standard InChI is InChI=1S/C23H29N5O2S/c1-15(2)28(13-21-25-20-7-5-4-6-19(20)22(29)26-21)23(30)17-8-10-27(11-9-17)12-18-14-31-16(3)24-18/h4-7,14-15,17H,8-13H2,1-3H3,(H,25,26,29). The molecule has 0 bridgehead atoms. The molecule has 31 heavy (non-hydrogen) atoms. The van der Waals surface area contributed by atoms with E-state index < -0.39 is 0 Å². The number of nitrogens with zero attached hydrogens (tertiary/aromatic N) is 4. The van der Waals surface area contributed by atoms with E-state index in [0.29, 0.717) is 23.3 Å². The van der Waals surface area contributed by atoms with Crippen LogP contribution in [-0.2, 0) is 17.9 Å². The van der Waals surface area contributed by atoms with Crippen LogP contribution < -0.4 is 5.56 Å². The van der Waals surface area contributed by atoms with Crippen molar-refractivity contribution in [1.82, 2.24) is 24.8 Å². The molecule has 0 aliphatic carbocycles. The summed E-state index contributed by atoms with van der Waals surface area (Å²) >= 11 is 1.68. The van der Waals surface area contributed by atoms with Crippen LogP contribution in [0.2, 0.25) is 0 Å². The first-order chi connectivity index (χ1) is 14.9. The number of carbonyl (C=O) groups is 1. The first-order valence-corrected chi connectivity index (χ1v) is 11.7. The van der Waals surface area contributed by atoms with Gasteiger partial charge in [0.1, 0.15) is 5.82 Å². The summed E-state index contributed by atoms with van der Waals surface area (Å²) in [6, 6.07) is 7.31. The molecule has 0 radical (unpaired) electrons. The molecule has 7 nitrogen and oxygen atoms in total. The number of likely N-dealkylation sites (tertiary alicyclic amines) is 1. The van der Waals surface area contributed by atoms with Crippen LogP contribution in [0.5, 0.6) is 0 Å². The van der Waals surface area contributed by atoms with Crippen molar-refractivity contribution in [2.75, 3.05) is 13.1 Å². The topological polar surface area (TPSA) is 82.2 Å². The Kier molecular flexibility index (Phi) is 6.48. The zero-order chi connectivity index (χ0) is 22.0. The molecule has 164 valence electrons. The van der Waals surface area contributed by atoms with Crippen LogP contribution in [0.3, 0.4) is 0 Å². The first-order valence-electron chi connectivity index (χ1n) is 10.8. The van der Waals surface area contributed by atoms with E-state index in [4.69, 9.17) is 0 Å². The number of nitrogens with one attached hydrogen (secondary N) is 1. The molecule has 1 amide bonds. The normalized spacial score (nSPS) is 15.6. The predicted octanol–water partition coefficient (Wildman–Crippen LogP) is 3.34. The van der Waals surface area contributed by atoms with Gasteiger partial charge in [-0.15, -0.1) is 11.3 Å². The van der Waals surface area contributed by atoms with E-state index in [-0.39, 0.29) is 23.4 Å². The molecule has 2 aromatic heterocycles. The molecular formula is C23H29N5O2S. The molecule has 0 saturated carbocycles. The van der Waals surface area contributed by atoms with E-state index in [1.807, 2.05) is 43.9 Å². The Hall–Kier alpha value is -2.58. The number of H-pyrrole nitrogens is 1. The molecule has 0 unspecified atom stereocenters. The zero-order valence-electron chi connectivity index (χ0n) is 18.3. The van der Waals surface area contributed by atoms with Crippen molar-refractivity contribution in [3.8, 4) is 0 Å². The minimum atomic E-state index is -0.165. The van der Waals surface area contributed by atoms with Crippen molar-refractivity contribution >= 4 is 28.1 Å². The van der Waals surface area contributed by atoms with Gasteiger partial charge in [0.05, 0.1) is 28.1 Å². The van der Waals surface area contributed by atoms with E-state index in [1.54, 1.807) is 17.4 Å². The molecule has 3 heterocycles. The maximum atomic E-state index is 13.3. The molecular weight excluding hydrogens is 410 g/mol. The second-order valence-corrected chi connectivity index (χ2v) is 9.56. The Balaban J connectivity index is 1.42. The summed E-state index contributed by atoms with van der Waals surface area (Å²) in [5, 5.41) is 3.77. The van der Waals surface area contributed by atoms with Gasteiger partial charge in [-0.3, -0.25) is 14.5 Å². The summed E-state index contributed by atoms with van der Waals surface area (Å²) in [6.45, 7) is 8.99. The average Bonchev–Trinajstić information content (AvgIpc) is 3.16. The molecule has 1 saturated heterocycles. The largest absolute Gasteiger partial charge is 0.333 e. The Morgan fingerprint density at radius 2 is 2.00 bits per heavy atom. The lowest BCUT2D eigenvalue weighted by atomic mass is 9.94. The molecule has 8 heteroatoms. The van der Waals surface area contributed by atoms with Crippen molar-refractivity contribution in [2.24, 2.45) is 5.92 Å². The summed E-state index contributed by atoms with van der Waals surface area (Å²) in [5.41, 5.74) is 1.60. The molecule has 1 fully saturated rings. The fourth-order valence-electron chi connectivity index (χ4n) is 4.17. The summed E-state index contributed by atoms with van der Waals surface area (Å²) in [5.74, 6) is 0.681. The van der Waals surface area contributed by atoms with Crippen molar-refractivity contribution in [3.63, 3.8) is 0 Å². The van der Waals surface area contributed by atoms with Crippen LogP contribution in [0.25, 0.3) is 10.9 Å². The number of carbonyl (C=O) groups excluding carboxylic acids is 1. The Morgan fingerprint density at radius 3 is 2.68 bits per heavy atom. The Morgan fingerprint density at radius 1 is 1.26 bits per heavy atom. The summed E-state index contributed by atoms with van der Waals surface area (Å²) < 4.78 is 0. The van der Waals surface area contributed by atoms with E-state index in [1.165, 1.54) is 0 Å². The average molecular weight is 440 g/mol. The maximum Gasteiger partial charge on any atom is 0.258 e. The summed E-state index contributed by atoms with van der Waals surface area (Å²) in [7, 11) is 0. The van der Waals surface area contributed by atoms with Gasteiger partial charge in [-0.25, -0.2) is 9.97 Å². The monoisotopic (exact) mass is 439 g/mol. The molecule has 0 atom stereocenters. The highest BCUT2D eigenvalue weighted by molar-refractivity contribution is 7.09. The number of thiazole rings is 1. The van der Waals surface area contributed by atoms with Crippen LogP contribution in [0, 0.1) is 12.8 Å². The smallest absolute Gasteiger partial charge is 0.258 e. The first kappa shape index (κ1) is 21.6. The van der Waals surface area contributed by atoms with Gasteiger partial charge in [0.15, 0.2) is 0 Å². The maximum absolute atomic E-state index is 13.3. The van der Waals surface area contributed by atoms with E-state index >= 15 is 0 Å². The number of para-hydroxylation sites is 1. The van der Waals surface area contributed by atoms with Crippen LogP contribution in [0.1, 0.15) is 43.2 Å².